The lowest BCUT2D eigenvalue weighted by atomic mass is 9.91. The number of aliphatic hydroxyl groups excluding tert-OH is 1. The van der Waals surface area contributed by atoms with Crippen LogP contribution in [0, 0.1) is 0 Å². The van der Waals surface area contributed by atoms with Crippen molar-refractivity contribution in [3.63, 3.8) is 0 Å². The van der Waals surface area contributed by atoms with Gasteiger partial charge < -0.3 is 19.3 Å². The van der Waals surface area contributed by atoms with Crippen LogP contribution in [0.2, 0.25) is 0 Å². The van der Waals surface area contributed by atoms with E-state index in [-0.39, 0.29) is 17.5 Å². The number of hydrogen-bond acceptors (Lipinski definition) is 6. The monoisotopic (exact) mass is 360 g/mol. The van der Waals surface area contributed by atoms with Gasteiger partial charge >= 0.3 is 0 Å². The van der Waals surface area contributed by atoms with Gasteiger partial charge in [0.25, 0.3) is 15.9 Å². The quantitative estimate of drug-likeness (QED) is 0.679. The van der Waals surface area contributed by atoms with Gasteiger partial charge in [-0.1, -0.05) is 0 Å². The van der Waals surface area contributed by atoms with Crippen molar-refractivity contribution in [1.82, 2.24) is 19.2 Å². The first-order valence-corrected chi connectivity index (χ1v) is 9.17. The SMILES string of the molecule is COC1(CNS(=O)(=O)c2cn(C)cn2)CCN(C(=O)[C@@H](C)O)CC1. The molecule has 9 nitrogen and oxygen atoms in total. The average Bonchev–Trinajstić information content (AvgIpc) is 3.00. The molecule has 0 radical (unpaired) electrons. The standard InChI is InChI=1S/C14H24N4O5S/c1-11(19)13(20)18-6-4-14(23-3,5-7-18)9-16-24(21,22)12-8-17(2)10-15-12/h8,10-11,16,19H,4-7,9H2,1-3H3/t11-/m1/s1. The van der Waals surface area contributed by atoms with Gasteiger partial charge in [-0.25, -0.2) is 18.1 Å². The molecular formula is C14H24N4O5S. The Hall–Kier alpha value is -1.49. The smallest absolute Gasteiger partial charge is 0.259 e. The number of carbonyl (C=O) groups is 1. The van der Waals surface area contributed by atoms with Crippen LogP contribution in [0.25, 0.3) is 0 Å². The molecule has 24 heavy (non-hydrogen) atoms. The van der Waals surface area contributed by atoms with Crippen LogP contribution in [0.3, 0.4) is 0 Å². The molecule has 1 aliphatic rings. The number of imidazole rings is 1. The van der Waals surface area contributed by atoms with E-state index in [4.69, 9.17) is 4.74 Å². The fourth-order valence-corrected chi connectivity index (χ4v) is 3.77. The van der Waals surface area contributed by atoms with Gasteiger partial charge in [0, 0.05) is 40.0 Å². The third-order valence-electron chi connectivity index (χ3n) is 4.32. The second kappa shape index (κ2) is 7.18. The molecule has 2 rings (SSSR count). The van der Waals surface area contributed by atoms with Gasteiger partial charge in [-0.3, -0.25) is 4.79 Å². The predicted molar refractivity (Wildman–Crippen MR) is 85.6 cm³/mol. The second-order valence-electron chi connectivity index (χ2n) is 6.09. The van der Waals surface area contributed by atoms with E-state index in [2.05, 4.69) is 9.71 Å². The van der Waals surface area contributed by atoms with Crippen LogP contribution in [0.5, 0.6) is 0 Å². The fraction of sp³-hybridized carbons (Fsp3) is 0.714. The van der Waals surface area contributed by atoms with E-state index in [1.54, 1.807) is 16.5 Å². The number of nitrogens with zero attached hydrogens (tertiary/aromatic N) is 3. The Labute approximate surface area is 141 Å². The Morgan fingerprint density at radius 1 is 1.50 bits per heavy atom. The Morgan fingerprint density at radius 3 is 2.58 bits per heavy atom. The van der Waals surface area contributed by atoms with Crippen LogP contribution >= 0.6 is 0 Å². The van der Waals surface area contributed by atoms with E-state index < -0.39 is 21.7 Å². The molecule has 0 spiro atoms. The molecule has 1 saturated heterocycles. The van der Waals surface area contributed by atoms with E-state index in [1.165, 1.54) is 26.6 Å². The lowest BCUT2D eigenvalue weighted by molar-refractivity contribution is -0.144. The maximum absolute atomic E-state index is 12.3. The summed E-state index contributed by atoms with van der Waals surface area (Å²) in [6, 6.07) is 0. The second-order valence-corrected chi connectivity index (χ2v) is 7.80. The Morgan fingerprint density at radius 2 is 2.12 bits per heavy atom. The van der Waals surface area contributed by atoms with Crippen molar-refractivity contribution in [3.05, 3.63) is 12.5 Å². The van der Waals surface area contributed by atoms with Crippen LogP contribution in [-0.4, -0.2) is 72.3 Å². The zero-order valence-electron chi connectivity index (χ0n) is 14.1. The Kier molecular flexibility index (Phi) is 5.63. The number of carbonyl (C=O) groups excluding carboxylic acids is 1. The number of piperidine rings is 1. The van der Waals surface area contributed by atoms with Gasteiger partial charge in [0.15, 0.2) is 5.03 Å². The molecule has 0 unspecified atom stereocenters. The highest BCUT2D eigenvalue weighted by molar-refractivity contribution is 7.89. The minimum Gasteiger partial charge on any atom is -0.384 e. The Balaban J connectivity index is 1.99. The summed E-state index contributed by atoms with van der Waals surface area (Å²) in [6.07, 6.45) is 2.76. The first-order chi connectivity index (χ1) is 11.2. The van der Waals surface area contributed by atoms with Crippen molar-refractivity contribution in [1.29, 1.82) is 0 Å². The van der Waals surface area contributed by atoms with E-state index in [0.29, 0.717) is 25.9 Å². The van der Waals surface area contributed by atoms with Crippen molar-refractivity contribution in [3.8, 4) is 0 Å². The number of likely N-dealkylation sites (tertiary alicyclic amines) is 1. The number of amides is 1. The van der Waals surface area contributed by atoms with Crippen LogP contribution in [0.15, 0.2) is 17.6 Å². The summed E-state index contributed by atoms with van der Waals surface area (Å²) in [5, 5.41) is 9.33. The van der Waals surface area contributed by atoms with Gasteiger partial charge in [-0.15, -0.1) is 0 Å². The first-order valence-electron chi connectivity index (χ1n) is 7.69. The molecule has 10 heteroatoms. The normalized spacial score (nSPS) is 19.2. The molecule has 0 bridgehead atoms. The number of aryl methyl sites for hydroxylation is 1. The van der Waals surface area contributed by atoms with Gasteiger partial charge in [0.05, 0.1) is 11.9 Å². The highest BCUT2D eigenvalue weighted by Gasteiger charge is 2.37. The van der Waals surface area contributed by atoms with Crippen LogP contribution in [0.4, 0.5) is 0 Å². The maximum Gasteiger partial charge on any atom is 0.259 e. The number of aromatic nitrogens is 2. The largest absolute Gasteiger partial charge is 0.384 e. The number of aliphatic hydroxyl groups is 1. The molecule has 1 aliphatic heterocycles. The van der Waals surface area contributed by atoms with Gasteiger partial charge in [-0.05, 0) is 19.8 Å². The summed E-state index contributed by atoms with van der Waals surface area (Å²) in [5.74, 6) is -0.325. The molecule has 1 fully saturated rings. The topological polar surface area (TPSA) is 114 Å². The molecule has 1 atom stereocenters. The molecule has 0 aromatic carbocycles. The van der Waals surface area contributed by atoms with E-state index in [0.717, 1.165) is 0 Å². The average molecular weight is 360 g/mol. The zero-order valence-corrected chi connectivity index (χ0v) is 14.9. The summed E-state index contributed by atoms with van der Waals surface area (Å²) >= 11 is 0. The molecule has 2 heterocycles. The number of hydrogen-bond donors (Lipinski definition) is 2. The highest BCUT2D eigenvalue weighted by atomic mass is 32.2. The fourth-order valence-electron chi connectivity index (χ4n) is 2.68. The van der Waals surface area contributed by atoms with Crippen LogP contribution in [-0.2, 0) is 26.6 Å². The maximum atomic E-state index is 12.3. The van der Waals surface area contributed by atoms with Crippen molar-refractivity contribution in [2.45, 2.75) is 36.5 Å². The molecule has 2 N–H and O–H groups in total. The van der Waals surface area contributed by atoms with Crippen molar-refractivity contribution >= 4 is 15.9 Å². The predicted octanol–water partition coefficient (Wildman–Crippen LogP) is -0.913. The Bertz CT molecular complexity index is 677. The lowest BCUT2D eigenvalue weighted by Crippen LogP contribution is -2.54. The van der Waals surface area contributed by atoms with E-state index in [1.807, 2.05) is 0 Å². The highest BCUT2D eigenvalue weighted by Crippen LogP contribution is 2.26. The minimum absolute atomic E-state index is 0.0435. The molecule has 0 saturated carbocycles. The minimum atomic E-state index is -3.71. The van der Waals surface area contributed by atoms with Crippen molar-refractivity contribution < 1.29 is 23.1 Å². The van der Waals surface area contributed by atoms with Crippen molar-refractivity contribution in [2.75, 3.05) is 26.7 Å². The zero-order chi connectivity index (χ0) is 18.0. The summed E-state index contributed by atoms with van der Waals surface area (Å²) in [4.78, 5) is 17.2. The van der Waals surface area contributed by atoms with E-state index >= 15 is 0 Å². The molecule has 0 aliphatic carbocycles. The molecular weight excluding hydrogens is 336 g/mol. The number of sulfonamides is 1. The van der Waals surface area contributed by atoms with Gasteiger partial charge in [0.2, 0.25) is 0 Å². The number of ether oxygens (including phenoxy) is 1. The van der Waals surface area contributed by atoms with Crippen LogP contribution in [0.1, 0.15) is 19.8 Å². The van der Waals surface area contributed by atoms with Crippen molar-refractivity contribution in [2.24, 2.45) is 7.05 Å². The number of rotatable bonds is 6. The third kappa shape index (κ3) is 4.12. The number of methoxy groups -OCH3 is 1. The van der Waals surface area contributed by atoms with Gasteiger partial charge in [-0.2, -0.15) is 0 Å². The van der Waals surface area contributed by atoms with Gasteiger partial charge in [0.1, 0.15) is 6.10 Å². The molecule has 1 amide bonds. The first kappa shape index (κ1) is 18.8. The lowest BCUT2D eigenvalue weighted by Gasteiger charge is -2.41. The summed E-state index contributed by atoms with van der Waals surface area (Å²) in [7, 11) is -0.492. The summed E-state index contributed by atoms with van der Waals surface area (Å²) in [6.45, 7) is 2.34. The molecule has 136 valence electrons. The van der Waals surface area contributed by atoms with E-state index in [9.17, 15) is 18.3 Å². The number of nitrogens with one attached hydrogen (secondary N) is 1. The molecule has 1 aromatic rings. The molecule has 1 aromatic heterocycles. The van der Waals surface area contributed by atoms with Crippen LogP contribution < -0.4 is 4.72 Å². The summed E-state index contributed by atoms with van der Waals surface area (Å²) < 4.78 is 34.2. The summed E-state index contributed by atoms with van der Waals surface area (Å²) in [5.41, 5.74) is -0.683. The third-order valence-corrected chi connectivity index (χ3v) is 5.60.